The SMILES string of the molecule is CNC(=O)OC1CCCCC1. The molecule has 0 radical (unpaired) electrons. The second kappa shape index (κ2) is 4.21. The van der Waals surface area contributed by atoms with E-state index in [0.29, 0.717) is 0 Å². The minimum absolute atomic E-state index is 0.170. The number of hydrogen-bond acceptors (Lipinski definition) is 2. The molecule has 0 unspecified atom stereocenters. The number of amides is 1. The van der Waals surface area contributed by atoms with Gasteiger partial charge in [0.05, 0.1) is 0 Å². The molecule has 0 bridgehead atoms. The molecule has 3 heteroatoms. The van der Waals surface area contributed by atoms with Crippen LogP contribution in [0.15, 0.2) is 0 Å². The van der Waals surface area contributed by atoms with Gasteiger partial charge in [0.15, 0.2) is 0 Å². The molecule has 0 spiro atoms. The third kappa shape index (κ3) is 2.78. The molecule has 0 aliphatic heterocycles. The maximum atomic E-state index is 10.7. The highest BCUT2D eigenvalue weighted by atomic mass is 16.6. The Morgan fingerprint density at radius 2 is 2.00 bits per heavy atom. The van der Waals surface area contributed by atoms with Crippen molar-refractivity contribution in [3.8, 4) is 0 Å². The molecular weight excluding hydrogens is 142 g/mol. The lowest BCUT2D eigenvalue weighted by Crippen LogP contribution is -2.27. The fourth-order valence-electron chi connectivity index (χ4n) is 1.39. The Bertz CT molecular complexity index is 130. The molecule has 3 nitrogen and oxygen atoms in total. The van der Waals surface area contributed by atoms with Gasteiger partial charge in [-0.1, -0.05) is 6.42 Å². The summed E-state index contributed by atoms with van der Waals surface area (Å²) in [6, 6.07) is 0. The van der Waals surface area contributed by atoms with Crippen LogP contribution in [0.1, 0.15) is 32.1 Å². The number of rotatable bonds is 1. The summed E-state index contributed by atoms with van der Waals surface area (Å²) in [5.74, 6) is 0. The Morgan fingerprint density at radius 3 is 2.55 bits per heavy atom. The van der Waals surface area contributed by atoms with Gasteiger partial charge in [-0.25, -0.2) is 4.79 Å². The van der Waals surface area contributed by atoms with E-state index < -0.39 is 0 Å². The number of carbonyl (C=O) groups is 1. The normalized spacial score (nSPS) is 19.4. The maximum absolute atomic E-state index is 10.7. The van der Waals surface area contributed by atoms with Crippen LogP contribution < -0.4 is 5.32 Å². The molecular formula is C8H15NO2. The van der Waals surface area contributed by atoms with Gasteiger partial charge in [-0.3, -0.25) is 0 Å². The van der Waals surface area contributed by atoms with Crippen LogP contribution in [-0.2, 0) is 4.74 Å². The van der Waals surface area contributed by atoms with Crippen LogP contribution in [0.5, 0.6) is 0 Å². The van der Waals surface area contributed by atoms with Crippen molar-refractivity contribution in [3.05, 3.63) is 0 Å². The van der Waals surface area contributed by atoms with Crippen LogP contribution in [-0.4, -0.2) is 19.2 Å². The molecule has 1 fully saturated rings. The summed E-state index contributed by atoms with van der Waals surface area (Å²) in [6.45, 7) is 0. The molecule has 0 saturated heterocycles. The molecule has 0 aromatic rings. The number of ether oxygens (including phenoxy) is 1. The lowest BCUT2D eigenvalue weighted by atomic mass is 9.98. The predicted octanol–water partition coefficient (Wildman–Crippen LogP) is 1.68. The first-order valence-corrected chi connectivity index (χ1v) is 4.21. The zero-order chi connectivity index (χ0) is 8.10. The first-order chi connectivity index (χ1) is 5.33. The molecule has 1 saturated carbocycles. The van der Waals surface area contributed by atoms with Gasteiger partial charge in [0.2, 0.25) is 0 Å². The smallest absolute Gasteiger partial charge is 0.407 e. The molecule has 0 atom stereocenters. The Morgan fingerprint density at radius 1 is 1.36 bits per heavy atom. The number of hydrogen-bond donors (Lipinski definition) is 1. The van der Waals surface area contributed by atoms with Gasteiger partial charge in [-0.15, -0.1) is 0 Å². The average Bonchev–Trinajstić information content (AvgIpc) is 2.06. The minimum Gasteiger partial charge on any atom is -0.446 e. The van der Waals surface area contributed by atoms with Crippen LogP contribution in [0, 0.1) is 0 Å². The molecule has 1 aliphatic rings. The molecule has 1 amide bonds. The highest BCUT2D eigenvalue weighted by Crippen LogP contribution is 2.19. The Kier molecular flexibility index (Phi) is 3.20. The van der Waals surface area contributed by atoms with Gasteiger partial charge < -0.3 is 10.1 Å². The largest absolute Gasteiger partial charge is 0.446 e. The number of nitrogens with one attached hydrogen (secondary N) is 1. The van der Waals surface area contributed by atoms with Gasteiger partial charge in [-0.05, 0) is 25.7 Å². The molecule has 11 heavy (non-hydrogen) atoms. The Labute approximate surface area is 67.1 Å². The molecule has 64 valence electrons. The second-order valence-electron chi connectivity index (χ2n) is 2.92. The van der Waals surface area contributed by atoms with Crippen LogP contribution in [0.25, 0.3) is 0 Å². The zero-order valence-corrected chi connectivity index (χ0v) is 6.93. The summed E-state index contributed by atoms with van der Waals surface area (Å²) in [6.07, 6.45) is 5.62. The monoisotopic (exact) mass is 157 g/mol. The van der Waals surface area contributed by atoms with E-state index in [2.05, 4.69) is 5.32 Å². The fraction of sp³-hybridized carbons (Fsp3) is 0.875. The van der Waals surface area contributed by atoms with Gasteiger partial charge in [0, 0.05) is 7.05 Å². The van der Waals surface area contributed by atoms with E-state index >= 15 is 0 Å². The van der Waals surface area contributed by atoms with E-state index in [-0.39, 0.29) is 12.2 Å². The van der Waals surface area contributed by atoms with Gasteiger partial charge in [0.1, 0.15) is 6.10 Å². The Balaban J connectivity index is 2.19. The number of carbonyl (C=O) groups excluding carboxylic acids is 1. The van der Waals surface area contributed by atoms with Crippen molar-refractivity contribution < 1.29 is 9.53 Å². The van der Waals surface area contributed by atoms with Crippen LogP contribution >= 0.6 is 0 Å². The van der Waals surface area contributed by atoms with Gasteiger partial charge >= 0.3 is 6.09 Å². The first kappa shape index (κ1) is 8.37. The summed E-state index contributed by atoms with van der Waals surface area (Å²) in [7, 11) is 1.59. The second-order valence-corrected chi connectivity index (χ2v) is 2.92. The van der Waals surface area contributed by atoms with Crippen LogP contribution in [0.4, 0.5) is 4.79 Å². The van der Waals surface area contributed by atoms with E-state index in [4.69, 9.17) is 4.74 Å². The van der Waals surface area contributed by atoms with Gasteiger partial charge in [0.25, 0.3) is 0 Å². The number of alkyl carbamates (subject to hydrolysis) is 1. The summed E-state index contributed by atoms with van der Waals surface area (Å²) < 4.78 is 5.09. The van der Waals surface area contributed by atoms with Crippen molar-refractivity contribution >= 4 is 6.09 Å². The summed E-state index contributed by atoms with van der Waals surface area (Å²) >= 11 is 0. The van der Waals surface area contributed by atoms with Crippen molar-refractivity contribution in [2.75, 3.05) is 7.05 Å². The molecule has 0 heterocycles. The van der Waals surface area contributed by atoms with Crippen molar-refractivity contribution in [3.63, 3.8) is 0 Å². The lowest BCUT2D eigenvalue weighted by molar-refractivity contribution is 0.0769. The standard InChI is InChI=1S/C8H15NO2/c1-9-8(10)11-7-5-3-2-4-6-7/h7H,2-6H2,1H3,(H,9,10). The molecule has 0 aromatic carbocycles. The van der Waals surface area contributed by atoms with Crippen LogP contribution in [0.2, 0.25) is 0 Å². The highest BCUT2D eigenvalue weighted by molar-refractivity contribution is 5.66. The molecule has 1 N–H and O–H groups in total. The van der Waals surface area contributed by atoms with E-state index in [0.717, 1.165) is 12.8 Å². The topological polar surface area (TPSA) is 38.3 Å². The molecule has 1 aliphatic carbocycles. The zero-order valence-electron chi connectivity index (χ0n) is 6.93. The van der Waals surface area contributed by atoms with E-state index in [1.54, 1.807) is 7.05 Å². The molecule has 1 rings (SSSR count). The van der Waals surface area contributed by atoms with Crippen LogP contribution in [0.3, 0.4) is 0 Å². The van der Waals surface area contributed by atoms with E-state index in [9.17, 15) is 4.79 Å². The fourth-order valence-corrected chi connectivity index (χ4v) is 1.39. The Hall–Kier alpha value is -0.730. The van der Waals surface area contributed by atoms with Crippen molar-refractivity contribution in [1.82, 2.24) is 5.32 Å². The molecule has 0 aromatic heterocycles. The third-order valence-electron chi connectivity index (χ3n) is 2.03. The van der Waals surface area contributed by atoms with Gasteiger partial charge in [-0.2, -0.15) is 0 Å². The summed E-state index contributed by atoms with van der Waals surface area (Å²) in [4.78, 5) is 10.7. The minimum atomic E-state index is -0.295. The summed E-state index contributed by atoms with van der Waals surface area (Å²) in [5, 5.41) is 2.45. The average molecular weight is 157 g/mol. The first-order valence-electron chi connectivity index (χ1n) is 4.21. The third-order valence-corrected chi connectivity index (χ3v) is 2.03. The maximum Gasteiger partial charge on any atom is 0.407 e. The summed E-state index contributed by atoms with van der Waals surface area (Å²) in [5.41, 5.74) is 0. The van der Waals surface area contributed by atoms with Crippen molar-refractivity contribution in [2.45, 2.75) is 38.2 Å². The van der Waals surface area contributed by atoms with E-state index in [1.165, 1.54) is 19.3 Å². The van der Waals surface area contributed by atoms with Crippen molar-refractivity contribution in [1.29, 1.82) is 0 Å². The quantitative estimate of drug-likeness (QED) is 0.628. The predicted molar refractivity (Wildman–Crippen MR) is 42.4 cm³/mol. The van der Waals surface area contributed by atoms with E-state index in [1.807, 2.05) is 0 Å². The van der Waals surface area contributed by atoms with Crippen molar-refractivity contribution in [2.24, 2.45) is 0 Å². The highest BCUT2D eigenvalue weighted by Gasteiger charge is 2.16. The lowest BCUT2D eigenvalue weighted by Gasteiger charge is -2.21.